The van der Waals surface area contributed by atoms with Crippen molar-refractivity contribution in [3.8, 4) is 0 Å². The Labute approximate surface area is 121 Å². The second-order valence-electron chi connectivity index (χ2n) is 6.76. The van der Waals surface area contributed by atoms with Gasteiger partial charge in [0.05, 0.1) is 6.61 Å². The fourth-order valence-corrected chi connectivity index (χ4v) is 4.84. The van der Waals surface area contributed by atoms with Crippen LogP contribution < -0.4 is 5.32 Å². The highest BCUT2D eigenvalue weighted by atomic mass is 32.2. The monoisotopic (exact) mass is 285 g/mol. The van der Waals surface area contributed by atoms with E-state index in [0.29, 0.717) is 12.6 Å². The highest BCUT2D eigenvalue weighted by Crippen LogP contribution is 2.40. The fraction of sp³-hybridized carbons (Fsp3) is 0.933. The maximum Gasteiger partial charge on any atom is 0.327 e. The molecule has 2 aliphatic rings. The van der Waals surface area contributed by atoms with Gasteiger partial charge in [-0.15, -0.1) is 0 Å². The van der Waals surface area contributed by atoms with Crippen LogP contribution in [0.5, 0.6) is 0 Å². The van der Waals surface area contributed by atoms with E-state index in [4.69, 9.17) is 4.74 Å². The zero-order valence-electron chi connectivity index (χ0n) is 12.5. The smallest absolute Gasteiger partial charge is 0.327 e. The Morgan fingerprint density at radius 2 is 2.00 bits per heavy atom. The maximum atomic E-state index is 12.5. The van der Waals surface area contributed by atoms with Crippen LogP contribution in [0, 0.1) is 5.41 Å². The molecule has 1 saturated heterocycles. The third-order valence-electron chi connectivity index (χ3n) is 4.12. The second-order valence-corrected chi connectivity index (χ2v) is 7.75. The molecule has 0 amide bonds. The van der Waals surface area contributed by atoms with Gasteiger partial charge in [-0.1, -0.05) is 26.7 Å². The average Bonchev–Trinajstić information content (AvgIpc) is 2.80. The predicted octanol–water partition coefficient (Wildman–Crippen LogP) is 2.98. The van der Waals surface area contributed by atoms with Crippen molar-refractivity contribution in [2.45, 2.75) is 64.5 Å². The molecule has 1 aliphatic heterocycles. The van der Waals surface area contributed by atoms with E-state index < -0.39 is 5.54 Å². The number of rotatable bonds is 4. The Bertz CT molecular complexity index is 326. The van der Waals surface area contributed by atoms with Crippen molar-refractivity contribution in [3.05, 3.63) is 0 Å². The van der Waals surface area contributed by atoms with Crippen LogP contribution >= 0.6 is 11.8 Å². The van der Waals surface area contributed by atoms with Crippen molar-refractivity contribution < 1.29 is 9.53 Å². The van der Waals surface area contributed by atoms with Gasteiger partial charge in [0.25, 0.3) is 0 Å². The molecule has 2 fully saturated rings. The van der Waals surface area contributed by atoms with Crippen LogP contribution in [0.1, 0.15) is 52.9 Å². The lowest BCUT2D eigenvalue weighted by Crippen LogP contribution is -2.61. The van der Waals surface area contributed by atoms with E-state index in [2.05, 4.69) is 19.2 Å². The summed E-state index contributed by atoms with van der Waals surface area (Å²) in [6, 6.07) is 0.499. The molecule has 2 rings (SSSR count). The Kier molecular flexibility index (Phi) is 4.83. The molecule has 0 aromatic heterocycles. The maximum absolute atomic E-state index is 12.5. The first-order valence-corrected chi connectivity index (χ1v) is 8.66. The predicted molar refractivity (Wildman–Crippen MR) is 80.5 cm³/mol. The lowest BCUT2D eigenvalue weighted by molar-refractivity contribution is -0.152. The van der Waals surface area contributed by atoms with Gasteiger partial charge < -0.3 is 4.74 Å². The molecule has 1 N–H and O–H groups in total. The first-order valence-electron chi connectivity index (χ1n) is 7.50. The van der Waals surface area contributed by atoms with Crippen LogP contribution in [0.3, 0.4) is 0 Å². The molecule has 1 atom stereocenters. The molecule has 1 unspecified atom stereocenters. The van der Waals surface area contributed by atoms with Crippen molar-refractivity contribution in [1.82, 2.24) is 5.32 Å². The molecule has 1 heterocycles. The highest BCUT2D eigenvalue weighted by molar-refractivity contribution is 7.99. The van der Waals surface area contributed by atoms with Gasteiger partial charge >= 0.3 is 5.97 Å². The third kappa shape index (κ3) is 3.66. The summed E-state index contributed by atoms with van der Waals surface area (Å²) in [6.07, 6.45) is 5.86. The summed E-state index contributed by atoms with van der Waals surface area (Å²) >= 11 is 1.88. The van der Waals surface area contributed by atoms with Gasteiger partial charge in [-0.2, -0.15) is 11.8 Å². The van der Waals surface area contributed by atoms with E-state index in [1.54, 1.807) is 0 Å². The fourth-order valence-electron chi connectivity index (χ4n) is 3.43. The van der Waals surface area contributed by atoms with E-state index in [0.717, 1.165) is 17.9 Å². The van der Waals surface area contributed by atoms with E-state index in [1.807, 2.05) is 18.7 Å². The molecule has 1 saturated carbocycles. The number of nitrogens with one attached hydrogen (secondary N) is 1. The minimum absolute atomic E-state index is 0.0397. The number of ether oxygens (including phenoxy) is 1. The van der Waals surface area contributed by atoms with Gasteiger partial charge in [0.15, 0.2) is 0 Å². The molecule has 110 valence electrons. The van der Waals surface area contributed by atoms with Crippen molar-refractivity contribution in [2.75, 3.05) is 18.1 Å². The summed E-state index contributed by atoms with van der Waals surface area (Å²) in [7, 11) is 0. The van der Waals surface area contributed by atoms with E-state index in [9.17, 15) is 4.79 Å². The first-order chi connectivity index (χ1) is 8.97. The van der Waals surface area contributed by atoms with E-state index in [1.165, 1.54) is 25.7 Å². The molecule has 19 heavy (non-hydrogen) atoms. The molecular weight excluding hydrogens is 258 g/mol. The average molecular weight is 285 g/mol. The molecule has 0 spiro atoms. The molecule has 0 aromatic rings. The van der Waals surface area contributed by atoms with Gasteiger partial charge in [0.1, 0.15) is 5.54 Å². The topological polar surface area (TPSA) is 38.3 Å². The molecule has 0 bridgehead atoms. The largest absolute Gasteiger partial charge is 0.465 e. The minimum Gasteiger partial charge on any atom is -0.465 e. The Balaban J connectivity index is 2.13. The van der Waals surface area contributed by atoms with E-state index >= 15 is 0 Å². The van der Waals surface area contributed by atoms with Gasteiger partial charge in [0, 0.05) is 11.8 Å². The van der Waals surface area contributed by atoms with Crippen LogP contribution in [-0.2, 0) is 9.53 Å². The highest BCUT2D eigenvalue weighted by Gasteiger charge is 2.48. The lowest BCUT2D eigenvalue weighted by atomic mass is 9.79. The Morgan fingerprint density at radius 1 is 1.32 bits per heavy atom. The van der Waals surface area contributed by atoms with Gasteiger partial charge in [-0.3, -0.25) is 10.1 Å². The second kappa shape index (κ2) is 6.04. The summed E-state index contributed by atoms with van der Waals surface area (Å²) < 4.78 is 5.37. The molecule has 0 aromatic carbocycles. The Hall–Kier alpha value is -0.220. The standard InChI is InChI=1S/C15H27NO2S/c1-4-18-13(17)15(16-12-7-5-6-8-12)9-14(2,3)10-19-11-15/h12,16H,4-11H2,1-3H3. The van der Waals surface area contributed by atoms with Gasteiger partial charge in [0.2, 0.25) is 0 Å². The zero-order valence-corrected chi connectivity index (χ0v) is 13.3. The van der Waals surface area contributed by atoms with Crippen LogP contribution in [0.15, 0.2) is 0 Å². The summed E-state index contributed by atoms with van der Waals surface area (Å²) in [4.78, 5) is 12.5. The number of hydrogen-bond acceptors (Lipinski definition) is 4. The summed E-state index contributed by atoms with van der Waals surface area (Å²) in [5.74, 6) is 1.94. The minimum atomic E-state index is -0.461. The summed E-state index contributed by atoms with van der Waals surface area (Å²) in [5.41, 5.74) is -0.265. The van der Waals surface area contributed by atoms with Gasteiger partial charge in [-0.05, 0) is 37.4 Å². The number of esters is 1. The third-order valence-corrected chi connectivity index (χ3v) is 5.81. The van der Waals surface area contributed by atoms with Crippen molar-refractivity contribution in [3.63, 3.8) is 0 Å². The molecule has 1 aliphatic carbocycles. The number of hydrogen-bond donors (Lipinski definition) is 1. The van der Waals surface area contributed by atoms with Crippen molar-refractivity contribution in [1.29, 1.82) is 0 Å². The van der Waals surface area contributed by atoms with Crippen LogP contribution in [0.4, 0.5) is 0 Å². The summed E-state index contributed by atoms with van der Waals surface area (Å²) in [5, 5.41) is 3.68. The van der Waals surface area contributed by atoms with E-state index in [-0.39, 0.29) is 11.4 Å². The molecule has 4 heteroatoms. The molecule has 0 radical (unpaired) electrons. The molecule has 3 nitrogen and oxygen atoms in total. The quantitative estimate of drug-likeness (QED) is 0.806. The first kappa shape index (κ1) is 15.2. The zero-order chi connectivity index (χ0) is 13.9. The van der Waals surface area contributed by atoms with Crippen molar-refractivity contribution >= 4 is 17.7 Å². The molecular formula is C15H27NO2S. The lowest BCUT2D eigenvalue weighted by Gasteiger charge is -2.44. The number of thioether (sulfide) groups is 1. The van der Waals surface area contributed by atoms with Crippen molar-refractivity contribution in [2.24, 2.45) is 5.41 Å². The SMILES string of the molecule is CCOC(=O)C1(NC2CCCC2)CSCC(C)(C)C1. The Morgan fingerprint density at radius 3 is 2.58 bits per heavy atom. The van der Waals surface area contributed by atoms with Gasteiger partial charge in [-0.25, -0.2) is 0 Å². The van der Waals surface area contributed by atoms with Crippen LogP contribution in [0.2, 0.25) is 0 Å². The number of carbonyl (C=O) groups is 1. The van der Waals surface area contributed by atoms with Crippen LogP contribution in [0.25, 0.3) is 0 Å². The van der Waals surface area contributed by atoms with Crippen LogP contribution in [-0.4, -0.2) is 35.7 Å². The normalized spacial score (nSPS) is 31.3. The number of carbonyl (C=O) groups excluding carboxylic acids is 1. The summed E-state index contributed by atoms with van der Waals surface area (Å²) in [6.45, 7) is 6.87.